The summed E-state index contributed by atoms with van der Waals surface area (Å²) in [5.41, 5.74) is 0. The van der Waals surface area contributed by atoms with Gasteiger partial charge in [-0.25, -0.2) is 0 Å². The van der Waals surface area contributed by atoms with E-state index in [4.69, 9.17) is 4.74 Å². The molecule has 0 aliphatic heterocycles. The van der Waals surface area contributed by atoms with Crippen molar-refractivity contribution < 1.29 is 17.1 Å². The third-order valence-electron chi connectivity index (χ3n) is 5.97. The van der Waals surface area contributed by atoms with E-state index in [1.165, 1.54) is 121 Å². The Morgan fingerprint density at radius 2 is 0.821 bits per heavy atom. The molecule has 0 spiro atoms. The molecule has 0 fully saturated rings. The van der Waals surface area contributed by atoms with E-state index in [0.29, 0.717) is 0 Å². The average Bonchev–Trinajstić information content (AvgIpc) is 2.69. The molecule has 0 aliphatic carbocycles. The molecule has 0 aromatic heterocycles. The minimum absolute atomic E-state index is 0. The van der Waals surface area contributed by atoms with Gasteiger partial charge in [0.25, 0.3) is 0 Å². The van der Waals surface area contributed by atoms with Crippen molar-refractivity contribution in [3.05, 3.63) is 0 Å². The fourth-order valence-corrected chi connectivity index (χ4v) is 8.50. The van der Waals surface area contributed by atoms with Crippen molar-refractivity contribution in [1.29, 1.82) is 0 Å². The van der Waals surface area contributed by atoms with Crippen molar-refractivity contribution in [2.75, 3.05) is 31.4 Å². The largest absolute Gasteiger partial charge is 1.00 e. The van der Waals surface area contributed by atoms with Crippen LogP contribution in [0, 0.1) is 0 Å². The Morgan fingerprint density at radius 3 is 1.21 bits per heavy atom. The Morgan fingerprint density at radius 1 is 0.464 bits per heavy atom. The Labute approximate surface area is 186 Å². The van der Waals surface area contributed by atoms with Gasteiger partial charge in [0.15, 0.2) is 6.35 Å². The Hall–Kier alpha value is 0.680. The number of halogens is 1. The molecule has 0 bridgehead atoms. The summed E-state index contributed by atoms with van der Waals surface area (Å²) in [6.45, 7) is 10.4. The van der Waals surface area contributed by atoms with E-state index >= 15 is 0 Å². The van der Waals surface area contributed by atoms with Gasteiger partial charge >= 0.3 is 0 Å². The highest BCUT2D eigenvalue weighted by Crippen LogP contribution is 2.60. The van der Waals surface area contributed by atoms with Crippen LogP contribution in [-0.2, 0) is 4.74 Å². The van der Waals surface area contributed by atoms with Crippen molar-refractivity contribution in [3.63, 3.8) is 0 Å². The lowest BCUT2D eigenvalue weighted by Crippen LogP contribution is -3.00. The summed E-state index contributed by atoms with van der Waals surface area (Å²) in [5.74, 6) is 0. The quantitative estimate of drug-likeness (QED) is 0.143. The predicted molar refractivity (Wildman–Crippen MR) is 129 cm³/mol. The van der Waals surface area contributed by atoms with Crippen molar-refractivity contribution in [2.45, 2.75) is 130 Å². The average molecular weight is 437 g/mol. The summed E-state index contributed by atoms with van der Waals surface area (Å²) < 4.78 is 6.31. The van der Waals surface area contributed by atoms with E-state index in [0.717, 1.165) is 13.0 Å². The summed E-state index contributed by atoms with van der Waals surface area (Å²) in [6.07, 6.45) is 28.0. The zero-order valence-corrected chi connectivity index (χ0v) is 21.7. The first-order chi connectivity index (χ1) is 13.2. The number of ether oxygens (including phenoxy) is 1. The second-order valence-corrected chi connectivity index (χ2v) is 13.1. The highest BCUT2D eigenvalue weighted by molar-refractivity contribution is 7.75. The number of rotatable bonds is 22. The number of hydrogen-bond donors (Lipinski definition) is 0. The summed E-state index contributed by atoms with van der Waals surface area (Å²) in [4.78, 5) is 0. The lowest BCUT2D eigenvalue weighted by Gasteiger charge is -2.27. The summed E-state index contributed by atoms with van der Waals surface area (Å²) in [5, 5.41) is 0. The van der Waals surface area contributed by atoms with Crippen LogP contribution in [0.25, 0.3) is 0 Å². The maximum Gasteiger partial charge on any atom is 0.157 e. The molecule has 0 amide bonds. The molecule has 0 N–H and O–H groups in total. The van der Waals surface area contributed by atoms with Crippen LogP contribution in [0.5, 0.6) is 0 Å². The number of unbranched alkanes of at least 4 members (excludes halogenated alkanes) is 12. The molecule has 172 valence electrons. The summed E-state index contributed by atoms with van der Waals surface area (Å²) >= 11 is 0. The van der Waals surface area contributed by atoms with Gasteiger partial charge in [0.2, 0.25) is 0 Å². The van der Waals surface area contributed by atoms with Gasteiger partial charge in [-0.2, -0.15) is 0 Å². The van der Waals surface area contributed by atoms with Crippen LogP contribution in [0.3, 0.4) is 0 Å². The zero-order valence-electron chi connectivity index (χ0n) is 20.1. The standard InChI is InChI=1S/C25H54OP.ClH/c1-5-9-13-14-15-16-17-18-19-20-21-26-25-27(22-10-6-2,23-11-7-3)24-12-8-4;/h5-25H2,1-4H3;1H/q+1;/p-1. The lowest BCUT2D eigenvalue weighted by atomic mass is 10.1. The van der Waals surface area contributed by atoms with Crippen LogP contribution in [-0.4, -0.2) is 31.4 Å². The topological polar surface area (TPSA) is 9.23 Å². The second-order valence-electron chi connectivity index (χ2n) is 8.79. The van der Waals surface area contributed by atoms with Crippen LogP contribution in [0.15, 0.2) is 0 Å². The van der Waals surface area contributed by atoms with Crippen LogP contribution in [0.4, 0.5) is 0 Å². The van der Waals surface area contributed by atoms with Gasteiger partial charge in [-0.05, 0) is 25.7 Å². The van der Waals surface area contributed by atoms with Gasteiger partial charge in [-0.3, -0.25) is 0 Å². The Bertz CT molecular complexity index is 264. The number of hydrogen-bond acceptors (Lipinski definition) is 1. The van der Waals surface area contributed by atoms with E-state index < -0.39 is 7.26 Å². The highest BCUT2D eigenvalue weighted by atomic mass is 35.5. The van der Waals surface area contributed by atoms with E-state index in [-0.39, 0.29) is 12.4 Å². The summed E-state index contributed by atoms with van der Waals surface area (Å²) in [6, 6.07) is 0. The molecule has 0 aliphatic rings. The molecule has 0 rings (SSSR count). The monoisotopic (exact) mass is 436 g/mol. The molecular formula is C25H54ClOP. The highest BCUT2D eigenvalue weighted by Gasteiger charge is 2.35. The predicted octanol–water partition coefficient (Wildman–Crippen LogP) is 6.30. The fourth-order valence-electron chi connectivity index (χ4n) is 3.96. The molecule has 0 aromatic carbocycles. The smallest absolute Gasteiger partial charge is 0.157 e. The van der Waals surface area contributed by atoms with Crippen molar-refractivity contribution >= 4 is 7.26 Å². The van der Waals surface area contributed by atoms with Crippen LogP contribution < -0.4 is 12.4 Å². The van der Waals surface area contributed by atoms with Crippen LogP contribution in [0.2, 0.25) is 0 Å². The Balaban J connectivity index is 0. The van der Waals surface area contributed by atoms with Crippen molar-refractivity contribution in [2.24, 2.45) is 0 Å². The fraction of sp³-hybridized carbons (Fsp3) is 1.00. The van der Waals surface area contributed by atoms with Gasteiger partial charge in [-0.1, -0.05) is 105 Å². The van der Waals surface area contributed by atoms with E-state index in [1.807, 2.05) is 0 Å². The normalized spacial score (nSPS) is 11.6. The second kappa shape index (κ2) is 24.0. The SMILES string of the molecule is CCCCCCCCCCCCOC[P+](CCCC)(CCCC)CCCC.[Cl-]. The molecule has 0 saturated heterocycles. The van der Waals surface area contributed by atoms with Crippen molar-refractivity contribution in [3.8, 4) is 0 Å². The van der Waals surface area contributed by atoms with Gasteiger partial charge in [0, 0.05) is 7.26 Å². The Kier molecular flexibility index (Phi) is 26.4. The first-order valence-electron chi connectivity index (χ1n) is 12.7. The molecule has 0 heterocycles. The molecule has 1 nitrogen and oxygen atoms in total. The van der Waals surface area contributed by atoms with Gasteiger partial charge in [-0.15, -0.1) is 0 Å². The van der Waals surface area contributed by atoms with Crippen LogP contribution in [0.1, 0.15) is 130 Å². The molecular weight excluding hydrogens is 383 g/mol. The third-order valence-corrected chi connectivity index (χ3v) is 10.5. The van der Waals surface area contributed by atoms with Gasteiger partial charge < -0.3 is 17.1 Å². The van der Waals surface area contributed by atoms with E-state index in [2.05, 4.69) is 27.7 Å². The summed E-state index contributed by atoms with van der Waals surface area (Å²) in [7, 11) is -0.848. The molecule has 28 heavy (non-hydrogen) atoms. The first kappa shape index (κ1) is 30.9. The minimum atomic E-state index is -0.848. The lowest BCUT2D eigenvalue weighted by molar-refractivity contribution is -0.00000656. The van der Waals surface area contributed by atoms with Crippen molar-refractivity contribution in [1.82, 2.24) is 0 Å². The van der Waals surface area contributed by atoms with Gasteiger partial charge in [0.1, 0.15) is 0 Å². The van der Waals surface area contributed by atoms with E-state index in [9.17, 15) is 0 Å². The first-order valence-corrected chi connectivity index (χ1v) is 15.2. The maximum atomic E-state index is 6.31. The molecule has 0 unspecified atom stereocenters. The van der Waals surface area contributed by atoms with Crippen LogP contribution >= 0.6 is 7.26 Å². The zero-order chi connectivity index (χ0) is 20.1. The molecule has 0 aromatic rings. The minimum Gasteiger partial charge on any atom is -1.00 e. The molecule has 0 atom stereocenters. The maximum absolute atomic E-state index is 6.31. The molecule has 3 heteroatoms. The third kappa shape index (κ3) is 18.7. The molecule has 0 radical (unpaired) electrons. The van der Waals surface area contributed by atoms with Gasteiger partial charge in [0.05, 0.1) is 25.1 Å². The molecule has 0 saturated carbocycles. The van der Waals surface area contributed by atoms with E-state index in [1.54, 1.807) is 0 Å².